The Morgan fingerprint density at radius 2 is 1.84 bits per heavy atom. The molecule has 2 aliphatic heterocycles. The SMILES string of the molecule is COc1ccc(C2=CS/C(=C(\C#N)c3nnc4n3CCCCC4)N2c2ccccc2)cc1. The number of hydrogen-bond acceptors (Lipinski definition) is 6. The lowest BCUT2D eigenvalue weighted by atomic mass is 10.1. The van der Waals surface area contributed by atoms with E-state index in [1.165, 1.54) is 6.42 Å². The van der Waals surface area contributed by atoms with Gasteiger partial charge in [0.1, 0.15) is 28.2 Å². The van der Waals surface area contributed by atoms with Gasteiger partial charge in [0.2, 0.25) is 0 Å². The number of ether oxygens (including phenoxy) is 1. The molecule has 0 bridgehead atoms. The molecule has 0 atom stereocenters. The van der Waals surface area contributed by atoms with E-state index in [0.717, 1.165) is 59.4 Å². The third-order valence-electron chi connectivity index (χ3n) is 5.79. The summed E-state index contributed by atoms with van der Waals surface area (Å²) in [6.45, 7) is 0.852. The van der Waals surface area contributed by atoms with Crippen molar-refractivity contribution in [1.82, 2.24) is 14.8 Å². The molecule has 0 N–H and O–H groups in total. The zero-order valence-corrected chi connectivity index (χ0v) is 18.7. The van der Waals surface area contributed by atoms with Gasteiger partial charge in [-0.15, -0.1) is 10.2 Å². The summed E-state index contributed by atoms with van der Waals surface area (Å²) in [5, 5.41) is 22.1. The Labute approximate surface area is 191 Å². The molecule has 32 heavy (non-hydrogen) atoms. The lowest BCUT2D eigenvalue weighted by Gasteiger charge is -2.25. The molecule has 160 valence electrons. The van der Waals surface area contributed by atoms with Gasteiger partial charge < -0.3 is 14.2 Å². The van der Waals surface area contributed by atoms with Crippen LogP contribution in [-0.2, 0) is 13.0 Å². The zero-order valence-electron chi connectivity index (χ0n) is 17.9. The number of allylic oxidation sites excluding steroid dienone is 1. The quantitative estimate of drug-likeness (QED) is 0.501. The van der Waals surface area contributed by atoms with E-state index in [1.807, 2.05) is 42.5 Å². The summed E-state index contributed by atoms with van der Waals surface area (Å²) in [5.74, 6) is 2.45. The van der Waals surface area contributed by atoms with Crippen LogP contribution in [0.1, 0.15) is 36.5 Å². The van der Waals surface area contributed by atoms with Crippen molar-refractivity contribution >= 4 is 28.7 Å². The second kappa shape index (κ2) is 8.93. The topological polar surface area (TPSA) is 67.0 Å². The highest BCUT2D eigenvalue weighted by Gasteiger charge is 2.30. The van der Waals surface area contributed by atoms with Crippen molar-refractivity contribution in [3.8, 4) is 11.8 Å². The summed E-state index contributed by atoms with van der Waals surface area (Å²) < 4.78 is 7.46. The zero-order chi connectivity index (χ0) is 21.9. The smallest absolute Gasteiger partial charge is 0.177 e. The summed E-state index contributed by atoms with van der Waals surface area (Å²) in [4.78, 5) is 2.14. The Hall–Kier alpha value is -3.50. The number of para-hydroxylation sites is 1. The van der Waals surface area contributed by atoms with E-state index in [0.29, 0.717) is 11.4 Å². The maximum absolute atomic E-state index is 10.3. The van der Waals surface area contributed by atoms with Crippen LogP contribution in [0.3, 0.4) is 0 Å². The minimum atomic E-state index is 0.555. The van der Waals surface area contributed by atoms with Crippen molar-refractivity contribution < 1.29 is 4.74 Å². The molecule has 3 aromatic rings. The Kier molecular flexibility index (Phi) is 5.70. The van der Waals surface area contributed by atoms with E-state index in [9.17, 15) is 5.26 Å². The number of rotatable bonds is 4. The van der Waals surface area contributed by atoms with Crippen LogP contribution in [0, 0.1) is 11.3 Å². The Bertz CT molecular complexity index is 1220. The molecular formula is C25H23N5OS. The fraction of sp³-hybridized carbons (Fsp3) is 0.240. The number of methoxy groups -OCH3 is 1. The van der Waals surface area contributed by atoms with Gasteiger partial charge in [-0.2, -0.15) is 5.26 Å². The van der Waals surface area contributed by atoms with Gasteiger partial charge >= 0.3 is 0 Å². The van der Waals surface area contributed by atoms with Gasteiger partial charge in [-0.25, -0.2) is 0 Å². The van der Waals surface area contributed by atoms with Crippen LogP contribution >= 0.6 is 11.8 Å². The van der Waals surface area contributed by atoms with Gasteiger partial charge in [-0.1, -0.05) is 36.4 Å². The number of aromatic nitrogens is 3. The molecule has 2 aliphatic rings. The molecule has 0 saturated heterocycles. The lowest BCUT2D eigenvalue weighted by molar-refractivity contribution is 0.415. The fourth-order valence-electron chi connectivity index (χ4n) is 4.15. The minimum Gasteiger partial charge on any atom is -0.497 e. The Morgan fingerprint density at radius 1 is 1.03 bits per heavy atom. The third-order valence-corrected chi connectivity index (χ3v) is 6.74. The molecular weight excluding hydrogens is 418 g/mol. The monoisotopic (exact) mass is 441 g/mol. The molecule has 0 aliphatic carbocycles. The molecule has 0 fully saturated rings. The normalized spacial score (nSPS) is 17.2. The number of aryl methyl sites for hydroxylation is 1. The predicted molar refractivity (Wildman–Crippen MR) is 128 cm³/mol. The third kappa shape index (κ3) is 3.67. The summed E-state index contributed by atoms with van der Waals surface area (Å²) in [6.07, 6.45) is 4.28. The summed E-state index contributed by atoms with van der Waals surface area (Å²) in [6, 6.07) is 20.6. The molecule has 1 aromatic heterocycles. The van der Waals surface area contributed by atoms with E-state index in [-0.39, 0.29) is 0 Å². The first-order valence-electron chi connectivity index (χ1n) is 10.7. The first kappa shape index (κ1) is 20.4. The fourth-order valence-corrected chi connectivity index (χ4v) is 5.18. The van der Waals surface area contributed by atoms with Crippen LogP contribution in [0.2, 0.25) is 0 Å². The van der Waals surface area contributed by atoms with Gasteiger partial charge in [0.05, 0.1) is 12.8 Å². The van der Waals surface area contributed by atoms with Crippen LogP contribution in [-0.4, -0.2) is 21.9 Å². The minimum absolute atomic E-state index is 0.555. The van der Waals surface area contributed by atoms with Gasteiger partial charge in [0, 0.05) is 24.1 Å². The van der Waals surface area contributed by atoms with E-state index in [4.69, 9.17) is 4.74 Å². The highest BCUT2D eigenvalue weighted by atomic mass is 32.2. The van der Waals surface area contributed by atoms with Crippen molar-refractivity contribution in [2.45, 2.75) is 32.2 Å². The second-order valence-corrected chi connectivity index (χ2v) is 8.57. The van der Waals surface area contributed by atoms with Crippen molar-refractivity contribution in [2.75, 3.05) is 12.0 Å². The van der Waals surface area contributed by atoms with Crippen molar-refractivity contribution in [1.29, 1.82) is 5.26 Å². The molecule has 7 heteroatoms. The molecule has 5 rings (SSSR count). The van der Waals surface area contributed by atoms with Gasteiger partial charge in [-0.05, 0) is 54.8 Å². The van der Waals surface area contributed by atoms with Crippen LogP contribution in [0.15, 0.2) is 65.0 Å². The molecule has 3 heterocycles. The maximum atomic E-state index is 10.3. The number of nitrogens with zero attached hydrogens (tertiary/aromatic N) is 5. The van der Waals surface area contributed by atoms with Crippen LogP contribution in [0.25, 0.3) is 11.3 Å². The number of benzene rings is 2. The number of hydrogen-bond donors (Lipinski definition) is 0. The van der Waals surface area contributed by atoms with Gasteiger partial charge in [-0.3, -0.25) is 0 Å². The molecule has 2 aromatic carbocycles. The number of anilines is 1. The maximum Gasteiger partial charge on any atom is 0.177 e. The molecule has 0 spiro atoms. The van der Waals surface area contributed by atoms with Crippen LogP contribution < -0.4 is 9.64 Å². The second-order valence-electron chi connectivity index (χ2n) is 7.71. The largest absolute Gasteiger partial charge is 0.497 e. The van der Waals surface area contributed by atoms with Gasteiger partial charge in [0.15, 0.2) is 5.82 Å². The molecule has 0 radical (unpaired) electrons. The molecule has 0 amide bonds. The first-order valence-corrected chi connectivity index (χ1v) is 11.6. The molecule has 0 unspecified atom stereocenters. The Morgan fingerprint density at radius 3 is 2.59 bits per heavy atom. The van der Waals surface area contributed by atoms with Crippen LogP contribution in [0.5, 0.6) is 5.75 Å². The van der Waals surface area contributed by atoms with E-state index >= 15 is 0 Å². The van der Waals surface area contributed by atoms with Crippen molar-refractivity contribution in [2.24, 2.45) is 0 Å². The highest BCUT2D eigenvalue weighted by Crippen LogP contribution is 2.46. The Balaban J connectivity index is 1.63. The number of fused-ring (bicyclic) bond motifs is 1. The highest BCUT2D eigenvalue weighted by molar-refractivity contribution is 8.06. The van der Waals surface area contributed by atoms with E-state index < -0.39 is 0 Å². The summed E-state index contributed by atoms with van der Waals surface area (Å²) >= 11 is 1.55. The molecule has 0 saturated carbocycles. The van der Waals surface area contributed by atoms with Gasteiger partial charge in [0.25, 0.3) is 0 Å². The van der Waals surface area contributed by atoms with Crippen LogP contribution in [0.4, 0.5) is 5.69 Å². The van der Waals surface area contributed by atoms with Crippen molar-refractivity contribution in [3.63, 3.8) is 0 Å². The number of nitriles is 1. The predicted octanol–water partition coefficient (Wildman–Crippen LogP) is 5.46. The number of thioether (sulfide) groups is 1. The lowest BCUT2D eigenvalue weighted by Crippen LogP contribution is -2.18. The van der Waals surface area contributed by atoms with E-state index in [2.05, 4.69) is 43.3 Å². The first-order chi connectivity index (χ1) is 15.8. The average Bonchev–Trinajstić information content (AvgIpc) is 3.38. The molecule has 6 nitrogen and oxygen atoms in total. The van der Waals surface area contributed by atoms with E-state index in [1.54, 1.807) is 18.9 Å². The average molecular weight is 442 g/mol. The summed E-state index contributed by atoms with van der Waals surface area (Å²) in [5.41, 5.74) is 3.62. The standard InChI is InChI=1S/C25H23N5OS/c1-31-20-13-11-18(12-14-20)22-17-32-25(30(22)19-8-4-2-5-9-19)21(16-26)24-28-27-23-10-6-3-7-15-29(23)24/h2,4-5,8-9,11-14,17H,3,6-7,10,15H2,1H3/b25-21+. The summed E-state index contributed by atoms with van der Waals surface area (Å²) in [7, 11) is 1.66. The van der Waals surface area contributed by atoms with Crippen molar-refractivity contribution in [3.05, 3.63) is 82.2 Å².